The molecule has 0 fully saturated rings. The first-order valence-corrected chi connectivity index (χ1v) is 18.3. The number of aromatic nitrogens is 2. The molecule has 3 heterocycles. The Morgan fingerprint density at radius 3 is 1.39 bits per heavy atom. The average Bonchev–Trinajstić information content (AvgIpc) is 3.85. The van der Waals surface area contributed by atoms with Crippen molar-refractivity contribution in [3.8, 4) is 11.4 Å². The molecule has 12 rings (SSSR count). The van der Waals surface area contributed by atoms with Gasteiger partial charge in [-0.3, -0.25) is 0 Å². The van der Waals surface area contributed by atoms with Crippen LogP contribution in [0.5, 0.6) is 0 Å². The van der Waals surface area contributed by atoms with Gasteiger partial charge in [-0.05, 0) is 86.9 Å². The number of thiophene rings is 1. The van der Waals surface area contributed by atoms with Crippen molar-refractivity contribution in [2.45, 2.75) is 0 Å². The molecule has 0 aliphatic carbocycles. The van der Waals surface area contributed by atoms with Crippen molar-refractivity contribution in [3.05, 3.63) is 170 Å². The zero-order chi connectivity index (χ0) is 33.2. The first-order chi connectivity index (χ1) is 25.3. The second kappa shape index (κ2) is 10.1. The van der Waals surface area contributed by atoms with Crippen LogP contribution in [0.25, 0.3) is 107 Å². The van der Waals surface area contributed by atoms with Gasteiger partial charge in [0.15, 0.2) is 0 Å². The summed E-state index contributed by atoms with van der Waals surface area (Å²) in [5, 5.41) is 15.5. The van der Waals surface area contributed by atoms with E-state index in [0.717, 1.165) is 0 Å². The van der Waals surface area contributed by atoms with Gasteiger partial charge in [0.1, 0.15) is 0 Å². The van der Waals surface area contributed by atoms with E-state index < -0.39 is 0 Å². The van der Waals surface area contributed by atoms with Crippen molar-refractivity contribution < 1.29 is 0 Å². The summed E-state index contributed by atoms with van der Waals surface area (Å²) in [4.78, 5) is 0. The lowest BCUT2D eigenvalue weighted by molar-refractivity contribution is 1.17. The number of benzene rings is 9. The number of hydrogen-bond acceptors (Lipinski definition) is 1. The normalized spacial score (nSPS) is 12.3. The third-order valence-corrected chi connectivity index (χ3v) is 12.3. The molecule has 0 radical (unpaired) electrons. The second-order valence-electron chi connectivity index (χ2n) is 13.7. The van der Waals surface area contributed by atoms with Gasteiger partial charge in [-0.2, -0.15) is 0 Å². The van der Waals surface area contributed by atoms with E-state index in [9.17, 15) is 0 Å². The van der Waals surface area contributed by atoms with E-state index in [1.807, 2.05) is 11.3 Å². The molecule has 0 unspecified atom stereocenters. The Kier molecular flexibility index (Phi) is 5.41. The number of nitrogens with zero attached hydrogens (tertiary/aromatic N) is 2. The van der Waals surface area contributed by atoms with Crippen LogP contribution in [0.2, 0.25) is 0 Å². The topological polar surface area (TPSA) is 9.86 Å². The van der Waals surface area contributed by atoms with Crippen LogP contribution in [0, 0.1) is 0 Å². The van der Waals surface area contributed by atoms with Crippen molar-refractivity contribution in [1.29, 1.82) is 0 Å². The van der Waals surface area contributed by atoms with Crippen molar-refractivity contribution in [1.82, 2.24) is 9.13 Å². The molecule has 3 heteroatoms. The Balaban J connectivity index is 1.22. The van der Waals surface area contributed by atoms with Crippen LogP contribution in [0.1, 0.15) is 0 Å². The van der Waals surface area contributed by atoms with Gasteiger partial charge >= 0.3 is 0 Å². The summed E-state index contributed by atoms with van der Waals surface area (Å²) in [5.41, 5.74) is 7.24. The molecular weight excluding hydrogens is 637 g/mol. The minimum atomic E-state index is 1.17. The number of rotatable bonds is 2. The predicted molar refractivity (Wildman–Crippen MR) is 221 cm³/mol. The third-order valence-electron chi connectivity index (χ3n) is 11.1. The molecule has 236 valence electrons. The quantitative estimate of drug-likeness (QED) is 0.163. The summed E-state index contributed by atoms with van der Waals surface area (Å²) in [6.07, 6.45) is 0. The van der Waals surface area contributed by atoms with Gasteiger partial charge in [0.05, 0.1) is 22.1 Å². The molecule has 0 aliphatic rings. The molecule has 0 amide bonds. The highest BCUT2D eigenvalue weighted by atomic mass is 32.1. The van der Waals surface area contributed by atoms with Crippen LogP contribution in [-0.4, -0.2) is 9.13 Å². The van der Waals surface area contributed by atoms with E-state index in [1.165, 1.54) is 107 Å². The molecule has 0 bridgehead atoms. The van der Waals surface area contributed by atoms with Gasteiger partial charge in [0, 0.05) is 53.1 Å². The summed E-state index contributed by atoms with van der Waals surface area (Å²) >= 11 is 1.91. The Hall–Kier alpha value is -6.42. The van der Waals surface area contributed by atoms with E-state index >= 15 is 0 Å². The molecular formula is C48H28N2S. The van der Waals surface area contributed by atoms with Crippen LogP contribution >= 0.6 is 11.3 Å². The fraction of sp³-hybridized carbons (Fsp3) is 0. The molecule has 0 N–H and O–H groups in total. The zero-order valence-electron chi connectivity index (χ0n) is 27.5. The standard InChI is InChI=1S/C48H28N2S/c1-2-13-33-31(11-1)32-12-3-4-14-34(32)40-27-29(21-23-35(33)40)50-44-25-22-30(49-42-18-8-5-15-36(42)37-16-6-9-19-43(37)49)28-41(44)47-45(50)26-24-39-38-17-7-10-20-46(38)51-48(39)47/h1-28H. The lowest BCUT2D eigenvalue weighted by Crippen LogP contribution is -1.96. The third kappa shape index (κ3) is 3.65. The van der Waals surface area contributed by atoms with Crippen molar-refractivity contribution in [2.75, 3.05) is 0 Å². The highest BCUT2D eigenvalue weighted by Crippen LogP contribution is 2.45. The van der Waals surface area contributed by atoms with Gasteiger partial charge < -0.3 is 9.13 Å². The maximum atomic E-state index is 2.49. The molecule has 51 heavy (non-hydrogen) atoms. The highest BCUT2D eigenvalue weighted by molar-refractivity contribution is 7.26. The molecule has 2 nitrogen and oxygen atoms in total. The summed E-state index contributed by atoms with van der Waals surface area (Å²) in [6.45, 7) is 0. The Bertz CT molecular complexity index is 3340. The monoisotopic (exact) mass is 664 g/mol. The smallest absolute Gasteiger partial charge is 0.0555 e. The van der Waals surface area contributed by atoms with E-state index in [-0.39, 0.29) is 0 Å². The fourth-order valence-corrected chi connectivity index (χ4v) is 10.2. The van der Waals surface area contributed by atoms with Crippen molar-refractivity contribution in [2.24, 2.45) is 0 Å². The van der Waals surface area contributed by atoms with Gasteiger partial charge in [0.25, 0.3) is 0 Å². The highest BCUT2D eigenvalue weighted by Gasteiger charge is 2.20. The van der Waals surface area contributed by atoms with Crippen LogP contribution in [0.15, 0.2) is 170 Å². The average molecular weight is 665 g/mol. The lowest BCUT2D eigenvalue weighted by atomic mass is 9.94. The number of para-hydroxylation sites is 2. The molecule has 3 aromatic heterocycles. The van der Waals surface area contributed by atoms with Crippen molar-refractivity contribution in [3.63, 3.8) is 0 Å². The Labute approximate surface area is 296 Å². The largest absolute Gasteiger partial charge is 0.309 e. The summed E-state index contributed by atoms with van der Waals surface area (Å²) in [5.74, 6) is 0. The maximum absolute atomic E-state index is 2.49. The van der Waals surface area contributed by atoms with E-state index in [0.29, 0.717) is 0 Å². The van der Waals surface area contributed by atoms with Gasteiger partial charge in [-0.25, -0.2) is 0 Å². The van der Waals surface area contributed by atoms with Gasteiger partial charge in [-0.15, -0.1) is 11.3 Å². The van der Waals surface area contributed by atoms with Crippen LogP contribution in [0.4, 0.5) is 0 Å². The molecule has 9 aromatic carbocycles. The number of fused-ring (bicyclic) bond motifs is 16. The molecule has 0 atom stereocenters. The minimum Gasteiger partial charge on any atom is -0.309 e. The van der Waals surface area contributed by atoms with Gasteiger partial charge in [0.2, 0.25) is 0 Å². The number of hydrogen-bond donors (Lipinski definition) is 0. The van der Waals surface area contributed by atoms with E-state index in [1.54, 1.807) is 0 Å². The summed E-state index contributed by atoms with van der Waals surface area (Å²) in [6, 6.07) is 62.9. The lowest BCUT2D eigenvalue weighted by Gasteiger charge is -2.14. The molecule has 0 saturated heterocycles. The second-order valence-corrected chi connectivity index (χ2v) is 14.7. The SMILES string of the molecule is c1ccc2c(c1)sc1c2ccc2c1c1cc(-n3c4ccccc4c4ccccc43)ccc1n2-c1ccc2c3ccccc3c3ccccc3c2c1. The van der Waals surface area contributed by atoms with Crippen LogP contribution in [-0.2, 0) is 0 Å². The molecule has 0 aliphatic heterocycles. The molecule has 12 aromatic rings. The predicted octanol–water partition coefficient (Wildman–Crippen LogP) is 13.7. The fourth-order valence-electron chi connectivity index (χ4n) is 8.93. The van der Waals surface area contributed by atoms with Gasteiger partial charge in [-0.1, -0.05) is 115 Å². The molecule has 0 spiro atoms. The first-order valence-electron chi connectivity index (χ1n) is 17.5. The van der Waals surface area contributed by atoms with E-state index in [4.69, 9.17) is 0 Å². The Morgan fingerprint density at radius 2 is 0.725 bits per heavy atom. The van der Waals surface area contributed by atoms with Crippen LogP contribution < -0.4 is 0 Å². The van der Waals surface area contributed by atoms with Crippen molar-refractivity contribution >= 4 is 107 Å². The maximum Gasteiger partial charge on any atom is 0.0555 e. The van der Waals surface area contributed by atoms with Crippen LogP contribution in [0.3, 0.4) is 0 Å². The Morgan fingerprint density at radius 1 is 0.294 bits per heavy atom. The minimum absolute atomic E-state index is 1.17. The summed E-state index contributed by atoms with van der Waals surface area (Å²) in [7, 11) is 0. The van der Waals surface area contributed by atoms with E-state index in [2.05, 4.69) is 179 Å². The zero-order valence-corrected chi connectivity index (χ0v) is 28.3. The summed E-state index contributed by atoms with van der Waals surface area (Å²) < 4.78 is 7.59. The molecule has 0 saturated carbocycles. The first kappa shape index (κ1) is 27.4.